The Morgan fingerprint density at radius 3 is 2.12 bits per heavy atom. The second-order valence-corrected chi connectivity index (χ2v) is 9.05. The molecule has 3 aromatic carbocycles. The molecule has 3 rings (SSSR count). The monoisotopic (exact) mass is 585 g/mol. The highest BCUT2D eigenvalue weighted by Crippen LogP contribution is 2.11. The van der Waals surface area contributed by atoms with E-state index in [1.165, 1.54) is 0 Å². The Morgan fingerprint density at radius 2 is 1.44 bits per heavy atom. The second-order valence-electron chi connectivity index (χ2n) is 9.05. The van der Waals surface area contributed by atoms with Crippen LogP contribution in [0.15, 0.2) is 112 Å². The van der Waals surface area contributed by atoms with E-state index >= 15 is 0 Å². The molecule has 0 aliphatic heterocycles. The number of hydrogen-bond acceptors (Lipinski definition) is 7. The van der Waals surface area contributed by atoms with Crippen molar-refractivity contribution in [2.45, 2.75) is 6.92 Å². The van der Waals surface area contributed by atoms with E-state index in [4.69, 9.17) is 21.1 Å². The Labute approximate surface area is 252 Å². The second kappa shape index (κ2) is 18.3. The van der Waals surface area contributed by atoms with Crippen molar-refractivity contribution in [3.63, 3.8) is 0 Å². The Hall–Kier alpha value is -5.20. The molecule has 0 bridgehead atoms. The molecular formula is C31H39N9O3. The van der Waals surface area contributed by atoms with Gasteiger partial charge in [-0.25, -0.2) is 4.99 Å². The fourth-order valence-corrected chi connectivity index (χ4v) is 3.61. The van der Waals surface area contributed by atoms with Gasteiger partial charge >= 0.3 is 0 Å². The van der Waals surface area contributed by atoms with Crippen molar-refractivity contribution in [1.82, 2.24) is 10.6 Å². The minimum absolute atomic E-state index is 0.123. The summed E-state index contributed by atoms with van der Waals surface area (Å²) in [6.45, 7) is 8.33. The van der Waals surface area contributed by atoms with Crippen LogP contribution in [0.2, 0.25) is 0 Å². The molecule has 0 fully saturated rings. The van der Waals surface area contributed by atoms with E-state index in [9.17, 15) is 4.79 Å². The van der Waals surface area contributed by atoms with Gasteiger partial charge in [-0.2, -0.15) is 5.10 Å². The van der Waals surface area contributed by atoms with E-state index in [0.717, 1.165) is 11.4 Å². The summed E-state index contributed by atoms with van der Waals surface area (Å²) >= 11 is 0. The molecule has 0 aliphatic rings. The molecule has 0 heterocycles. The third kappa shape index (κ3) is 12.5. The van der Waals surface area contributed by atoms with Crippen LogP contribution in [0, 0.1) is 0 Å². The van der Waals surface area contributed by atoms with E-state index < -0.39 is 0 Å². The number of guanidine groups is 1. The van der Waals surface area contributed by atoms with E-state index in [1.54, 1.807) is 31.2 Å². The Kier molecular flexibility index (Phi) is 13.7. The third-order valence-electron chi connectivity index (χ3n) is 5.71. The van der Waals surface area contributed by atoms with Crippen LogP contribution in [0.25, 0.3) is 0 Å². The van der Waals surface area contributed by atoms with E-state index in [2.05, 4.69) is 42.9 Å². The molecule has 0 spiro atoms. The maximum absolute atomic E-state index is 12.0. The summed E-state index contributed by atoms with van der Waals surface area (Å²) in [5.41, 5.74) is 8.74. The van der Waals surface area contributed by atoms with Gasteiger partial charge < -0.3 is 42.3 Å². The summed E-state index contributed by atoms with van der Waals surface area (Å²) in [5, 5.41) is 15.9. The van der Waals surface area contributed by atoms with E-state index in [-0.39, 0.29) is 11.7 Å². The fraction of sp³-hybridized carbons (Fsp3) is 0.226. The summed E-state index contributed by atoms with van der Waals surface area (Å²) in [4.78, 5) is 21.1. The molecule has 226 valence electrons. The van der Waals surface area contributed by atoms with Crippen LogP contribution in [0.1, 0.15) is 22.8 Å². The van der Waals surface area contributed by atoms with Crippen molar-refractivity contribution in [2.75, 3.05) is 50.2 Å². The number of carbonyl (C=O) groups excluding carboxylic acids is 1. The number of carbonyl (C=O) groups is 1. The molecule has 0 saturated heterocycles. The molecule has 1 amide bonds. The molecule has 0 atom stereocenters. The molecule has 12 nitrogen and oxygen atoms in total. The summed E-state index contributed by atoms with van der Waals surface area (Å²) < 4.78 is 11.1. The Balaban J connectivity index is 1.44. The number of ether oxygens (including phenoxy) is 2. The molecule has 43 heavy (non-hydrogen) atoms. The summed E-state index contributed by atoms with van der Waals surface area (Å²) in [6.07, 6.45) is 0. The number of nitrogens with two attached hydrogens (primary N) is 2. The van der Waals surface area contributed by atoms with Gasteiger partial charge in [0.25, 0.3) is 5.91 Å². The summed E-state index contributed by atoms with van der Waals surface area (Å²) in [5.74, 6) is 6.86. The topological polar surface area (TPSA) is 173 Å². The SMILES string of the molecule is C=C(NC(=NC(C)=NCCOCCOCCNC(=O)c1ccccc1)Nc1ccc(/C(N)=N/N)cc1)Nc1ccccc1. The smallest absolute Gasteiger partial charge is 0.251 e. The number of aliphatic imine (C=N–C) groups is 2. The number of amides is 1. The van der Waals surface area contributed by atoms with Gasteiger partial charge in [0.15, 0.2) is 0 Å². The van der Waals surface area contributed by atoms with Gasteiger partial charge in [0.2, 0.25) is 5.96 Å². The molecule has 0 unspecified atom stereocenters. The van der Waals surface area contributed by atoms with E-state index in [0.29, 0.717) is 68.3 Å². The lowest BCUT2D eigenvalue weighted by Gasteiger charge is -2.16. The van der Waals surface area contributed by atoms with Gasteiger partial charge in [0.05, 0.1) is 33.0 Å². The van der Waals surface area contributed by atoms with Crippen LogP contribution in [0.3, 0.4) is 0 Å². The largest absolute Gasteiger partial charge is 0.382 e. The third-order valence-corrected chi connectivity index (χ3v) is 5.71. The molecule has 0 aliphatic carbocycles. The predicted molar refractivity (Wildman–Crippen MR) is 173 cm³/mol. The molecule has 0 radical (unpaired) electrons. The standard InChI is InChI=1S/C31H39N9O3/c1-23(34-17-19-42-21-22-43-20-18-35-30(41)26-9-5-3-6-10-26)37-31(38-24(2)36-27-11-7-4-8-12-27)39-28-15-13-25(14-16-28)29(32)40-33/h3-16,36H,2,17-22,33H2,1H3,(H2,32,40)(H,35,41)(H2,34,37,38,39). The minimum atomic E-state index is -0.123. The average molecular weight is 586 g/mol. The van der Waals surface area contributed by atoms with Crippen molar-refractivity contribution in [1.29, 1.82) is 0 Å². The highest BCUT2D eigenvalue weighted by molar-refractivity contribution is 6.03. The lowest BCUT2D eigenvalue weighted by Crippen LogP contribution is -2.33. The quantitative estimate of drug-likeness (QED) is 0.0519. The van der Waals surface area contributed by atoms with Gasteiger partial charge in [0, 0.05) is 29.0 Å². The van der Waals surface area contributed by atoms with Crippen LogP contribution in [0.4, 0.5) is 11.4 Å². The van der Waals surface area contributed by atoms with Crippen molar-refractivity contribution >= 4 is 34.9 Å². The van der Waals surface area contributed by atoms with Gasteiger partial charge in [-0.3, -0.25) is 9.79 Å². The number of hydrazone groups is 1. The normalized spacial score (nSPS) is 12.0. The fourth-order valence-electron chi connectivity index (χ4n) is 3.61. The number of benzene rings is 3. The van der Waals surface area contributed by atoms with Crippen molar-refractivity contribution in [3.05, 3.63) is 108 Å². The zero-order valence-corrected chi connectivity index (χ0v) is 24.3. The zero-order chi connectivity index (χ0) is 30.7. The number of hydrogen-bond donors (Lipinski definition) is 6. The molecule has 8 N–H and O–H groups in total. The van der Waals surface area contributed by atoms with Crippen LogP contribution >= 0.6 is 0 Å². The zero-order valence-electron chi connectivity index (χ0n) is 24.3. The number of amidine groups is 2. The number of para-hydroxylation sites is 1. The Bertz CT molecular complexity index is 1380. The predicted octanol–water partition coefficient (Wildman–Crippen LogP) is 3.09. The maximum Gasteiger partial charge on any atom is 0.251 e. The van der Waals surface area contributed by atoms with Gasteiger partial charge in [-0.05, 0) is 55.5 Å². The van der Waals surface area contributed by atoms with Crippen LogP contribution in [-0.2, 0) is 9.47 Å². The van der Waals surface area contributed by atoms with Crippen LogP contribution in [0.5, 0.6) is 0 Å². The number of anilines is 2. The van der Waals surface area contributed by atoms with Crippen LogP contribution in [-0.4, -0.2) is 63.1 Å². The van der Waals surface area contributed by atoms with Crippen molar-refractivity contribution < 1.29 is 14.3 Å². The number of nitrogens with one attached hydrogen (secondary N) is 4. The lowest BCUT2D eigenvalue weighted by atomic mass is 10.2. The summed E-state index contributed by atoms with van der Waals surface area (Å²) in [6, 6.07) is 26.0. The van der Waals surface area contributed by atoms with Crippen LogP contribution < -0.4 is 32.8 Å². The summed E-state index contributed by atoms with van der Waals surface area (Å²) in [7, 11) is 0. The average Bonchev–Trinajstić information content (AvgIpc) is 3.02. The number of nitrogens with zero attached hydrogens (tertiary/aromatic N) is 3. The first-order valence-corrected chi connectivity index (χ1v) is 13.7. The van der Waals surface area contributed by atoms with Crippen molar-refractivity contribution in [3.8, 4) is 0 Å². The number of rotatable bonds is 15. The minimum Gasteiger partial charge on any atom is -0.382 e. The highest BCUT2D eigenvalue weighted by Gasteiger charge is 2.06. The first kappa shape index (κ1) is 32.3. The molecule has 0 saturated carbocycles. The molecule has 0 aromatic heterocycles. The first-order chi connectivity index (χ1) is 20.9. The molecule has 12 heteroatoms. The van der Waals surface area contributed by atoms with Gasteiger partial charge in [0.1, 0.15) is 17.5 Å². The highest BCUT2D eigenvalue weighted by atomic mass is 16.5. The van der Waals surface area contributed by atoms with Crippen molar-refractivity contribution in [2.24, 2.45) is 26.7 Å². The van der Waals surface area contributed by atoms with Gasteiger partial charge in [-0.1, -0.05) is 43.0 Å². The molecule has 3 aromatic rings. The lowest BCUT2D eigenvalue weighted by molar-refractivity contribution is 0.0512. The Morgan fingerprint density at radius 1 is 0.814 bits per heavy atom. The van der Waals surface area contributed by atoms with Gasteiger partial charge in [-0.15, -0.1) is 0 Å². The first-order valence-electron chi connectivity index (χ1n) is 13.7. The van der Waals surface area contributed by atoms with E-state index in [1.807, 2.05) is 60.7 Å². The molecular weight excluding hydrogens is 546 g/mol. The maximum atomic E-state index is 12.0.